The van der Waals surface area contributed by atoms with Crippen LogP contribution in [0.1, 0.15) is 88.6 Å². The number of nitrogens with one attached hydrogen (secondary N) is 2. The van der Waals surface area contributed by atoms with Gasteiger partial charge in [0.05, 0.1) is 22.1 Å². The molecule has 3 aliphatic rings. The summed E-state index contributed by atoms with van der Waals surface area (Å²) in [5.74, 6) is 0.607. The van der Waals surface area contributed by atoms with Gasteiger partial charge in [-0.05, 0) is 56.6 Å². The summed E-state index contributed by atoms with van der Waals surface area (Å²) in [6, 6.07) is 11.3. The van der Waals surface area contributed by atoms with Gasteiger partial charge in [-0.15, -0.1) is 0 Å². The molecule has 1 aliphatic carbocycles. The number of nitrogens with zero attached hydrogens (tertiary/aromatic N) is 6. The monoisotopic (exact) mass is 744 g/mol. The number of aliphatic hydroxyl groups excluding tert-OH is 1. The van der Waals surface area contributed by atoms with Crippen LogP contribution in [0.4, 0.5) is 11.4 Å². The van der Waals surface area contributed by atoms with Gasteiger partial charge in [0.25, 0.3) is 11.8 Å². The normalized spacial score (nSPS) is 15.9. The molecule has 284 valence electrons. The van der Waals surface area contributed by atoms with Crippen LogP contribution in [0, 0.1) is 12.8 Å². The number of fused-ring (bicyclic) bond motifs is 2. The lowest BCUT2D eigenvalue weighted by molar-refractivity contribution is -0.111. The molecule has 2 aromatic carbocycles. The molecule has 0 atom stereocenters. The number of aldehydes is 1. The van der Waals surface area contributed by atoms with Crippen LogP contribution >= 0.6 is 11.6 Å². The molecule has 12 nitrogen and oxygen atoms in total. The number of hydrogen-bond acceptors (Lipinski definition) is 8. The van der Waals surface area contributed by atoms with Crippen molar-refractivity contribution < 1.29 is 19.5 Å². The number of amides is 2. The fourth-order valence-corrected chi connectivity index (χ4v) is 7.72. The van der Waals surface area contributed by atoms with Crippen LogP contribution in [-0.2, 0) is 44.8 Å². The second kappa shape index (κ2) is 18.1. The lowest BCUT2D eigenvalue weighted by atomic mass is 9.91. The van der Waals surface area contributed by atoms with Gasteiger partial charge in [0.1, 0.15) is 6.29 Å². The summed E-state index contributed by atoms with van der Waals surface area (Å²) in [6.45, 7) is 8.42. The van der Waals surface area contributed by atoms with Gasteiger partial charge < -0.3 is 34.6 Å². The van der Waals surface area contributed by atoms with Crippen LogP contribution in [0.15, 0.2) is 36.4 Å². The standard InChI is InChI=1S/C32H37ClN8O2.C7H12O.CH4O/c1-6-41-16-14-27-25(18-41)35-29(40(27)5)31(42)36-22-11-7-9-20(19(22)2)21-10-8-12-23(28(21)33)37-32(43)30-34-24-17-38(3)15-13-26(24)39(30)4;8-6-7-4-2-1-3-5-7;1-2/h7-12H,6,13-18H2,1-5H3,(H,36,42)(H,37,43);6-7H,1-5H2;2H,1H3. The average molecular weight is 745 g/mol. The summed E-state index contributed by atoms with van der Waals surface area (Å²) in [6.07, 6.45) is 8.99. The molecule has 4 heterocycles. The third-order valence-corrected chi connectivity index (χ3v) is 11.0. The summed E-state index contributed by atoms with van der Waals surface area (Å²) in [5, 5.41) is 13.5. The highest BCUT2D eigenvalue weighted by atomic mass is 35.5. The van der Waals surface area contributed by atoms with Crippen molar-refractivity contribution in [2.75, 3.05) is 44.4 Å². The number of hydrogen-bond donors (Lipinski definition) is 3. The summed E-state index contributed by atoms with van der Waals surface area (Å²) >= 11 is 6.91. The van der Waals surface area contributed by atoms with Crippen molar-refractivity contribution in [2.45, 2.75) is 71.9 Å². The fourth-order valence-electron chi connectivity index (χ4n) is 7.44. The molecule has 3 N–H and O–H groups in total. The lowest BCUT2D eigenvalue weighted by Gasteiger charge is -2.24. The zero-order valence-corrected chi connectivity index (χ0v) is 32.6. The molecule has 13 heteroatoms. The number of carbonyl (C=O) groups excluding carboxylic acids is 3. The highest BCUT2D eigenvalue weighted by molar-refractivity contribution is 6.36. The number of aromatic nitrogens is 4. The Kier molecular flexibility index (Phi) is 13.6. The molecule has 1 fully saturated rings. The van der Waals surface area contributed by atoms with Crippen molar-refractivity contribution >= 4 is 41.1 Å². The van der Waals surface area contributed by atoms with Crippen LogP contribution in [0.25, 0.3) is 11.1 Å². The number of anilines is 2. The van der Waals surface area contributed by atoms with Gasteiger partial charge in [-0.3, -0.25) is 14.5 Å². The van der Waals surface area contributed by atoms with E-state index in [4.69, 9.17) is 21.7 Å². The molecular weight excluding hydrogens is 692 g/mol. The highest BCUT2D eigenvalue weighted by Crippen LogP contribution is 2.38. The zero-order valence-electron chi connectivity index (χ0n) is 31.8. The van der Waals surface area contributed by atoms with E-state index in [1.54, 1.807) is 6.07 Å². The minimum atomic E-state index is -0.309. The largest absolute Gasteiger partial charge is 0.400 e. The average Bonchev–Trinajstić information content (AvgIpc) is 3.69. The maximum Gasteiger partial charge on any atom is 0.291 e. The minimum Gasteiger partial charge on any atom is -0.400 e. The molecule has 4 aromatic rings. The van der Waals surface area contributed by atoms with Gasteiger partial charge in [-0.2, -0.15) is 0 Å². The minimum absolute atomic E-state index is 0.253. The first-order chi connectivity index (χ1) is 25.6. The first-order valence-electron chi connectivity index (χ1n) is 18.5. The van der Waals surface area contributed by atoms with E-state index in [2.05, 4.69) is 39.4 Å². The van der Waals surface area contributed by atoms with E-state index in [0.29, 0.717) is 34.0 Å². The van der Waals surface area contributed by atoms with Crippen LogP contribution in [0.5, 0.6) is 0 Å². The van der Waals surface area contributed by atoms with Crippen molar-refractivity contribution in [1.82, 2.24) is 28.9 Å². The Balaban J connectivity index is 0.000000475. The van der Waals surface area contributed by atoms with E-state index < -0.39 is 0 Å². The molecule has 0 spiro atoms. The van der Waals surface area contributed by atoms with E-state index in [0.717, 1.165) is 111 Å². The van der Waals surface area contributed by atoms with E-state index in [1.165, 1.54) is 19.3 Å². The van der Waals surface area contributed by atoms with Crippen LogP contribution in [-0.4, -0.2) is 85.9 Å². The van der Waals surface area contributed by atoms with Gasteiger partial charge in [0, 0.05) is 88.8 Å². The Morgan fingerprint density at radius 3 is 1.96 bits per heavy atom. The first-order valence-corrected chi connectivity index (χ1v) is 18.9. The summed E-state index contributed by atoms with van der Waals surface area (Å²) < 4.78 is 3.79. The van der Waals surface area contributed by atoms with Crippen LogP contribution in [0.3, 0.4) is 0 Å². The zero-order chi connectivity index (χ0) is 38.2. The van der Waals surface area contributed by atoms with E-state index in [9.17, 15) is 14.4 Å². The predicted molar refractivity (Wildman–Crippen MR) is 209 cm³/mol. The number of benzene rings is 2. The fraction of sp³-hybridized carbons (Fsp3) is 0.475. The lowest BCUT2D eigenvalue weighted by Crippen LogP contribution is -2.30. The second-order valence-corrected chi connectivity index (χ2v) is 14.3. The van der Waals surface area contributed by atoms with Gasteiger partial charge in [0.2, 0.25) is 0 Å². The van der Waals surface area contributed by atoms with E-state index in [1.807, 2.05) is 60.5 Å². The Morgan fingerprint density at radius 2 is 1.38 bits per heavy atom. The smallest absolute Gasteiger partial charge is 0.291 e. The number of carbonyl (C=O) groups is 3. The molecule has 0 radical (unpaired) electrons. The molecule has 53 heavy (non-hydrogen) atoms. The quantitative estimate of drug-likeness (QED) is 0.195. The van der Waals surface area contributed by atoms with Gasteiger partial charge in [0.15, 0.2) is 11.6 Å². The topological polar surface area (TPSA) is 138 Å². The van der Waals surface area contributed by atoms with Crippen LogP contribution < -0.4 is 10.6 Å². The van der Waals surface area contributed by atoms with Crippen molar-refractivity contribution in [1.29, 1.82) is 0 Å². The van der Waals surface area contributed by atoms with E-state index in [-0.39, 0.29) is 11.8 Å². The number of likely N-dealkylation sites (N-methyl/N-ethyl adjacent to an activating group) is 2. The van der Waals surface area contributed by atoms with Crippen molar-refractivity contribution in [3.05, 3.63) is 81.4 Å². The molecule has 2 aromatic heterocycles. The molecular formula is C40H53ClN8O4. The van der Waals surface area contributed by atoms with Gasteiger partial charge in [-0.1, -0.05) is 62.1 Å². The molecule has 0 bridgehead atoms. The number of imidazole rings is 2. The number of rotatable bonds is 7. The molecule has 1 saturated carbocycles. The summed E-state index contributed by atoms with van der Waals surface area (Å²) in [4.78, 5) is 50.8. The first kappa shape index (κ1) is 39.8. The molecule has 0 unspecified atom stereocenters. The summed E-state index contributed by atoms with van der Waals surface area (Å²) in [5.41, 5.74) is 7.74. The van der Waals surface area contributed by atoms with Crippen molar-refractivity contribution in [3.63, 3.8) is 0 Å². The maximum absolute atomic E-state index is 13.4. The van der Waals surface area contributed by atoms with Gasteiger partial charge in [-0.25, -0.2) is 9.97 Å². The Morgan fingerprint density at radius 1 is 0.830 bits per heavy atom. The molecule has 2 aliphatic heterocycles. The Labute approximate surface area is 317 Å². The molecule has 7 rings (SSSR count). The molecule has 0 saturated heterocycles. The Bertz CT molecular complexity index is 1930. The SMILES string of the molecule is CCN1CCc2c(nc(C(=O)Nc3cccc(-c4cccc(NC(=O)c5nc6c(n5C)CCN(C)C6)c4Cl)c3C)n2C)C1.CO.O=CC1CCCCC1. The third kappa shape index (κ3) is 8.89. The van der Waals surface area contributed by atoms with E-state index >= 15 is 0 Å². The number of aliphatic hydroxyl groups is 1. The van der Waals surface area contributed by atoms with Crippen molar-refractivity contribution in [2.24, 2.45) is 20.0 Å². The number of halogens is 1. The van der Waals surface area contributed by atoms with Gasteiger partial charge >= 0.3 is 0 Å². The second-order valence-electron chi connectivity index (χ2n) is 14.0. The van der Waals surface area contributed by atoms with Crippen molar-refractivity contribution in [3.8, 4) is 11.1 Å². The Hall–Kier alpha value is -4.36. The van der Waals surface area contributed by atoms with Crippen LogP contribution in [0.2, 0.25) is 5.02 Å². The highest BCUT2D eigenvalue weighted by Gasteiger charge is 2.27. The maximum atomic E-state index is 13.4. The third-order valence-electron chi connectivity index (χ3n) is 10.6. The summed E-state index contributed by atoms with van der Waals surface area (Å²) in [7, 11) is 6.84. The predicted octanol–water partition coefficient (Wildman–Crippen LogP) is 6.03. The molecule has 2 amide bonds.